The minimum Gasteiger partial charge on any atom is -0.462 e. The van der Waals surface area contributed by atoms with E-state index in [1.54, 1.807) is 32.2 Å². The van der Waals surface area contributed by atoms with Crippen LogP contribution in [0.3, 0.4) is 0 Å². The third-order valence-electron chi connectivity index (χ3n) is 4.41. The monoisotopic (exact) mass is 410 g/mol. The summed E-state index contributed by atoms with van der Waals surface area (Å²) in [7, 11) is 0. The standard InChI is InChI=1S/C22H22N2O4S/c1-4-28-22(27)19-17(16-9-7-14(2)8-10-16)13-29-20(19)23-18(25)12-24-11-5-6-15(3)21(24)26/h5-11,13H,4,12H2,1-3H3,(H,23,25). The minimum atomic E-state index is -0.493. The molecular weight excluding hydrogens is 388 g/mol. The maximum Gasteiger partial charge on any atom is 0.341 e. The molecule has 6 nitrogen and oxygen atoms in total. The zero-order valence-corrected chi connectivity index (χ0v) is 17.3. The lowest BCUT2D eigenvalue weighted by atomic mass is 10.0. The SMILES string of the molecule is CCOC(=O)c1c(-c2ccc(C)cc2)csc1NC(=O)Cn1cccc(C)c1=O. The quantitative estimate of drug-likeness (QED) is 0.623. The van der Waals surface area contributed by atoms with Crippen LogP contribution in [0.4, 0.5) is 5.00 Å². The van der Waals surface area contributed by atoms with Crippen molar-refractivity contribution in [1.82, 2.24) is 4.57 Å². The van der Waals surface area contributed by atoms with Crippen molar-refractivity contribution in [2.24, 2.45) is 0 Å². The highest BCUT2D eigenvalue weighted by Gasteiger charge is 2.23. The van der Waals surface area contributed by atoms with Crippen molar-refractivity contribution >= 4 is 28.2 Å². The molecule has 0 atom stereocenters. The number of amides is 1. The van der Waals surface area contributed by atoms with Crippen molar-refractivity contribution in [3.8, 4) is 11.1 Å². The number of nitrogens with one attached hydrogen (secondary N) is 1. The van der Waals surface area contributed by atoms with E-state index in [-0.39, 0.29) is 24.6 Å². The summed E-state index contributed by atoms with van der Waals surface area (Å²) in [5.41, 5.74) is 3.34. The second-order valence-corrected chi connectivity index (χ2v) is 7.49. The predicted octanol–water partition coefficient (Wildman–Crippen LogP) is 4.01. The fourth-order valence-electron chi connectivity index (χ4n) is 2.90. The number of nitrogens with zero attached hydrogens (tertiary/aromatic N) is 1. The Balaban J connectivity index is 1.91. The molecule has 0 bridgehead atoms. The highest BCUT2D eigenvalue weighted by atomic mass is 32.1. The summed E-state index contributed by atoms with van der Waals surface area (Å²) in [6, 6.07) is 11.2. The third-order valence-corrected chi connectivity index (χ3v) is 5.31. The Labute approximate surface area is 172 Å². The van der Waals surface area contributed by atoms with Crippen LogP contribution in [0.1, 0.15) is 28.4 Å². The first-order valence-electron chi connectivity index (χ1n) is 9.22. The Bertz CT molecular complexity index is 1100. The van der Waals surface area contributed by atoms with E-state index in [9.17, 15) is 14.4 Å². The van der Waals surface area contributed by atoms with Crippen molar-refractivity contribution in [2.45, 2.75) is 27.3 Å². The number of esters is 1. The Morgan fingerprint density at radius 1 is 1.14 bits per heavy atom. The van der Waals surface area contributed by atoms with Crippen molar-refractivity contribution in [3.05, 3.63) is 75.0 Å². The molecule has 1 aromatic carbocycles. The van der Waals surface area contributed by atoms with Crippen LogP contribution in [0.2, 0.25) is 0 Å². The van der Waals surface area contributed by atoms with E-state index in [0.717, 1.165) is 11.1 Å². The van der Waals surface area contributed by atoms with Crippen LogP contribution in [0.5, 0.6) is 0 Å². The number of hydrogen-bond donors (Lipinski definition) is 1. The van der Waals surface area contributed by atoms with E-state index < -0.39 is 5.97 Å². The number of ether oxygens (including phenoxy) is 1. The lowest BCUT2D eigenvalue weighted by Gasteiger charge is -2.10. The molecular formula is C22H22N2O4S. The van der Waals surface area contributed by atoms with E-state index in [2.05, 4.69) is 5.32 Å². The third kappa shape index (κ3) is 4.63. The number of hydrogen-bond acceptors (Lipinski definition) is 5. The van der Waals surface area contributed by atoms with Crippen molar-refractivity contribution < 1.29 is 14.3 Å². The number of anilines is 1. The number of benzene rings is 1. The highest BCUT2D eigenvalue weighted by molar-refractivity contribution is 7.15. The normalized spacial score (nSPS) is 10.6. The van der Waals surface area contributed by atoms with E-state index in [4.69, 9.17) is 4.74 Å². The van der Waals surface area contributed by atoms with Gasteiger partial charge in [-0.1, -0.05) is 35.9 Å². The summed E-state index contributed by atoms with van der Waals surface area (Å²) < 4.78 is 6.55. The summed E-state index contributed by atoms with van der Waals surface area (Å²) in [4.78, 5) is 37.3. The number of carbonyl (C=O) groups excluding carboxylic acids is 2. The molecule has 2 aromatic heterocycles. The first-order chi connectivity index (χ1) is 13.9. The molecule has 29 heavy (non-hydrogen) atoms. The molecule has 0 spiro atoms. The van der Waals surface area contributed by atoms with Gasteiger partial charge in [-0.25, -0.2) is 4.79 Å². The van der Waals surface area contributed by atoms with Gasteiger partial charge in [-0.3, -0.25) is 9.59 Å². The number of rotatable bonds is 6. The number of aryl methyl sites for hydroxylation is 2. The fraction of sp³-hybridized carbons (Fsp3) is 0.227. The number of carbonyl (C=O) groups is 2. The van der Waals surface area contributed by atoms with E-state index >= 15 is 0 Å². The highest BCUT2D eigenvalue weighted by Crippen LogP contribution is 2.36. The molecule has 1 amide bonds. The Morgan fingerprint density at radius 2 is 1.86 bits per heavy atom. The zero-order chi connectivity index (χ0) is 21.0. The van der Waals surface area contributed by atoms with Crippen LogP contribution in [0, 0.1) is 13.8 Å². The summed E-state index contributed by atoms with van der Waals surface area (Å²) in [6.07, 6.45) is 1.56. The molecule has 2 heterocycles. The Hall–Kier alpha value is -3.19. The molecule has 0 saturated heterocycles. The minimum absolute atomic E-state index is 0.138. The van der Waals surface area contributed by atoms with Gasteiger partial charge in [0.1, 0.15) is 17.1 Å². The predicted molar refractivity (Wildman–Crippen MR) is 115 cm³/mol. The maximum atomic E-state index is 12.6. The topological polar surface area (TPSA) is 77.4 Å². The average molecular weight is 410 g/mol. The number of pyridine rings is 1. The Kier molecular flexibility index (Phi) is 6.29. The van der Waals surface area contributed by atoms with Gasteiger partial charge >= 0.3 is 5.97 Å². The maximum absolute atomic E-state index is 12.6. The molecule has 0 fully saturated rings. The lowest BCUT2D eigenvalue weighted by Crippen LogP contribution is -2.28. The van der Waals surface area contributed by atoms with Gasteiger partial charge in [0.15, 0.2) is 0 Å². The number of aromatic nitrogens is 1. The molecule has 1 N–H and O–H groups in total. The van der Waals surface area contributed by atoms with E-state index in [1.165, 1.54) is 15.9 Å². The van der Waals surface area contributed by atoms with E-state index in [0.29, 0.717) is 21.7 Å². The van der Waals surface area contributed by atoms with Crippen LogP contribution in [0.25, 0.3) is 11.1 Å². The van der Waals surface area contributed by atoms with Gasteiger partial charge in [0.25, 0.3) is 5.56 Å². The second-order valence-electron chi connectivity index (χ2n) is 6.61. The summed E-state index contributed by atoms with van der Waals surface area (Å²) in [5, 5.41) is 5.00. The molecule has 7 heteroatoms. The molecule has 3 rings (SSSR count). The van der Waals surface area contributed by atoms with Gasteiger partial charge in [0, 0.05) is 22.7 Å². The second kappa shape index (κ2) is 8.87. The zero-order valence-electron chi connectivity index (χ0n) is 16.5. The summed E-state index contributed by atoms with van der Waals surface area (Å²) >= 11 is 1.26. The van der Waals surface area contributed by atoms with Gasteiger partial charge in [0.05, 0.1) is 6.61 Å². The number of thiophene rings is 1. The molecule has 0 radical (unpaired) electrons. The molecule has 0 aliphatic carbocycles. The van der Waals surface area contributed by atoms with Crippen LogP contribution in [-0.2, 0) is 16.1 Å². The van der Waals surface area contributed by atoms with Crippen LogP contribution < -0.4 is 10.9 Å². The van der Waals surface area contributed by atoms with Gasteiger partial charge in [0.2, 0.25) is 5.91 Å². The molecule has 3 aromatic rings. The fourth-order valence-corrected chi connectivity index (χ4v) is 3.88. The first kappa shape index (κ1) is 20.5. The van der Waals surface area contributed by atoms with Crippen LogP contribution >= 0.6 is 11.3 Å². The van der Waals surface area contributed by atoms with E-state index in [1.807, 2.05) is 36.6 Å². The smallest absolute Gasteiger partial charge is 0.341 e. The first-order valence-corrected chi connectivity index (χ1v) is 10.1. The molecule has 0 aliphatic rings. The van der Waals surface area contributed by atoms with Gasteiger partial charge < -0.3 is 14.6 Å². The molecule has 0 aliphatic heterocycles. The average Bonchev–Trinajstić information content (AvgIpc) is 3.09. The van der Waals surface area contributed by atoms with Gasteiger partial charge in [-0.2, -0.15) is 0 Å². The lowest BCUT2D eigenvalue weighted by molar-refractivity contribution is -0.116. The van der Waals surface area contributed by atoms with Crippen molar-refractivity contribution in [2.75, 3.05) is 11.9 Å². The van der Waals surface area contributed by atoms with Gasteiger partial charge in [-0.05, 0) is 32.4 Å². The Morgan fingerprint density at radius 3 is 2.55 bits per heavy atom. The van der Waals surface area contributed by atoms with Crippen LogP contribution in [-0.4, -0.2) is 23.1 Å². The summed E-state index contributed by atoms with van der Waals surface area (Å²) in [6.45, 7) is 5.51. The summed E-state index contributed by atoms with van der Waals surface area (Å²) in [5.74, 6) is -0.882. The molecule has 0 saturated carbocycles. The van der Waals surface area contributed by atoms with Crippen LogP contribution in [0.15, 0.2) is 52.8 Å². The van der Waals surface area contributed by atoms with Crippen molar-refractivity contribution in [3.63, 3.8) is 0 Å². The van der Waals surface area contributed by atoms with Gasteiger partial charge in [-0.15, -0.1) is 11.3 Å². The molecule has 150 valence electrons. The van der Waals surface area contributed by atoms with Crippen molar-refractivity contribution in [1.29, 1.82) is 0 Å². The molecule has 0 unspecified atom stereocenters. The largest absolute Gasteiger partial charge is 0.462 e.